The summed E-state index contributed by atoms with van der Waals surface area (Å²) in [6, 6.07) is 0. The minimum absolute atomic E-state index is 0.296. The lowest BCUT2D eigenvalue weighted by Gasteiger charge is -2.26. The molecule has 2 aliphatic rings. The average Bonchev–Trinajstić information content (AvgIpc) is 2.22. The maximum absolute atomic E-state index is 11.8. The number of rotatable bonds is 6. The van der Waals surface area contributed by atoms with Gasteiger partial charge in [-0.15, -0.1) is 0 Å². The van der Waals surface area contributed by atoms with Crippen LogP contribution in [0.25, 0.3) is 0 Å². The average molecular weight is 260 g/mol. The fourth-order valence-electron chi connectivity index (χ4n) is 2.64. The molecule has 100 valence electrons. The van der Waals surface area contributed by atoms with Crippen molar-refractivity contribution in [3.8, 4) is 0 Å². The molecule has 1 saturated heterocycles. The molecule has 0 bridgehead atoms. The van der Waals surface area contributed by atoms with Crippen LogP contribution in [0.4, 0.5) is 0 Å². The Hall–Kier alpha value is -0.130. The van der Waals surface area contributed by atoms with Gasteiger partial charge in [0, 0.05) is 6.54 Å². The predicted octanol–water partition coefficient (Wildman–Crippen LogP) is 1.10. The molecular weight excluding hydrogens is 236 g/mol. The first-order chi connectivity index (χ1) is 8.16. The monoisotopic (exact) mass is 260 g/mol. The Balaban J connectivity index is 1.65. The van der Waals surface area contributed by atoms with Crippen LogP contribution in [0.1, 0.15) is 38.5 Å². The lowest BCUT2D eigenvalue weighted by atomic mass is 9.83. The SMILES string of the molecule is O=S(=O)(CC1CCCNC1)NCCC1CCC1. The second kappa shape index (κ2) is 6.16. The molecule has 2 N–H and O–H groups in total. The number of piperidine rings is 1. The zero-order valence-corrected chi connectivity index (χ0v) is 11.3. The molecular formula is C12H24N2O2S. The first-order valence-corrected chi connectivity index (χ1v) is 8.49. The highest BCUT2D eigenvalue weighted by Crippen LogP contribution is 2.28. The zero-order valence-electron chi connectivity index (χ0n) is 10.5. The van der Waals surface area contributed by atoms with Crippen molar-refractivity contribution in [1.29, 1.82) is 0 Å². The normalized spacial score (nSPS) is 26.7. The summed E-state index contributed by atoms with van der Waals surface area (Å²) in [6.07, 6.45) is 7.05. The van der Waals surface area contributed by atoms with Crippen LogP contribution in [-0.2, 0) is 10.0 Å². The molecule has 5 heteroatoms. The topological polar surface area (TPSA) is 58.2 Å². The molecule has 0 aromatic rings. The van der Waals surface area contributed by atoms with E-state index in [9.17, 15) is 8.42 Å². The van der Waals surface area contributed by atoms with Gasteiger partial charge in [0.15, 0.2) is 0 Å². The third-order valence-electron chi connectivity index (χ3n) is 3.95. The van der Waals surface area contributed by atoms with E-state index in [0.717, 1.165) is 38.3 Å². The van der Waals surface area contributed by atoms with Crippen LogP contribution < -0.4 is 10.0 Å². The molecule has 1 unspecified atom stereocenters. The summed E-state index contributed by atoms with van der Waals surface area (Å²) < 4.78 is 26.4. The van der Waals surface area contributed by atoms with Gasteiger partial charge in [-0.05, 0) is 44.2 Å². The Kier molecular flexibility index (Phi) is 4.82. The molecule has 2 rings (SSSR count). The standard InChI is InChI=1S/C12H24N2O2S/c15-17(16,10-12-5-2-7-13-9-12)14-8-6-11-3-1-4-11/h11-14H,1-10H2. The van der Waals surface area contributed by atoms with Crippen LogP contribution in [0.15, 0.2) is 0 Å². The molecule has 4 nitrogen and oxygen atoms in total. The van der Waals surface area contributed by atoms with Crippen LogP contribution in [0.2, 0.25) is 0 Å². The van der Waals surface area contributed by atoms with Crippen molar-refractivity contribution in [2.24, 2.45) is 11.8 Å². The van der Waals surface area contributed by atoms with E-state index >= 15 is 0 Å². The van der Waals surface area contributed by atoms with Crippen molar-refractivity contribution in [1.82, 2.24) is 10.0 Å². The zero-order chi connectivity index (χ0) is 12.1. The molecule has 1 heterocycles. The van der Waals surface area contributed by atoms with Gasteiger partial charge in [0.1, 0.15) is 0 Å². The van der Waals surface area contributed by atoms with E-state index in [1.165, 1.54) is 19.3 Å². The molecule has 1 aliphatic carbocycles. The Morgan fingerprint density at radius 1 is 1.12 bits per heavy atom. The molecule has 1 atom stereocenters. The van der Waals surface area contributed by atoms with E-state index in [0.29, 0.717) is 18.2 Å². The second-order valence-corrected chi connectivity index (χ2v) is 7.33. The van der Waals surface area contributed by atoms with Gasteiger partial charge < -0.3 is 5.32 Å². The Morgan fingerprint density at radius 2 is 1.88 bits per heavy atom. The fraction of sp³-hybridized carbons (Fsp3) is 1.00. The van der Waals surface area contributed by atoms with Crippen LogP contribution in [0.3, 0.4) is 0 Å². The summed E-state index contributed by atoms with van der Waals surface area (Å²) in [5.74, 6) is 1.36. The smallest absolute Gasteiger partial charge is 0.211 e. The van der Waals surface area contributed by atoms with E-state index < -0.39 is 10.0 Å². The summed E-state index contributed by atoms with van der Waals surface area (Å²) in [6.45, 7) is 2.52. The van der Waals surface area contributed by atoms with Crippen molar-refractivity contribution in [3.63, 3.8) is 0 Å². The molecule has 0 aromatic carbocycles. The highest BCUT2D eigenvalue weighted by molar-refractivity contribution is 7.89. The largest absolute Gasteiger partial charge is 0.316 e. The summed E-state index contributed by atoms with van der Waals surface area (Å²) in [5.41, 5.74) is 0. The van der Waals surface area contributed by atoms with Crippen LogP contribution in [0, 0.1) is 11.8 Å². The molecule has 0 amide bonds. The van der Waals surface area contributed by atoms with Gasteiger partial charge in [0.25, 0.3) is 0 Å². The lowest BCUT2D eigenvalue weighted by Crippen LogP contribution is -2.38. The van der Waals surface area contributed by atoms with Crippen molar-refractivity contribution < 1.29 is 8.42 Å². The van der Waals surface area contributed by atoms with E-state index in [2.05, 4.69) is 10.0 Å². The third-order valence-corrected chi connectivity index (χ3v) is 5.51. The summed E-state index contributed by atoms with van der Waals surface area (Å²) in [7, 11) is -3.05. The number of sulfonamides is 1. The van der Waals surface area contributed by atoms with Crippen molar-refractivity contribution in [2.45, 2.75) is 38.5 Å². The maximum Gasteiger partial charge on any atom is 0.211 e. The van der Waals surface area contributed by atoms with Gasteiger partial charge in [-0.25, -0.2) is 13.1 Å². The highest BCUT2D eigenvalue weighted by atomic mass is 32.2. The van der Waals surface area contributed by atoms with Crippen LogP contribution in [0.5, 0.6) is 0 Å². The van der Waals surface area contributed by atoms with Gasteiger partial charge in [-0.1, -0.05) is 19.3 Å². The molecule has 1 saturated carbocycles. The van der Waals surface area contributed by atoms with Crippen LogP contribution in [-0.4, -0.2) is 33.8 Å². The molecule has 0 radical (unpaired) electrons. The minimum Gasteiger partial charge on any atom is -0.316 e. The van der Waals surface area contributed by atoms with Gasteiger partial charge in [-0.3, -0.25) is 0 Å². The molecule has 2 fully saturated rings. The van der Waals surface area contributed by atoms with Crippen molar-refractivity contribution >= 4 is 10.0 Å². The summed E-state index contributed by atoms with van der Waals surface area (Å²) in [5, 5.41) is 3.26. The van der Waals surface area contributed by atoms with Gasteiger partial charge in [0.05, 0.1) is 5.75 Å². The number of nitrogens with one attached hydrogen (secondary N) is 2. The van der Waals surface area contributed by atoms with E-state index in [1.807, 2.05) is 0 Å². The third kappa shape index (κ3) is 4.56. The van der Waals surface area contributed by atoms with Gasteiger partial charge >= 0.3 is 0 Å². The summed E-state index contributed by atoms with van der Waals surface area (Å²) in [4.78, 5) is 0. The van der Waals surface area contributed by atoms with Crippen molar-refractivity contribution in [3.05, 3.63) is 0 Å². The molecule has 0 spiro atoms. The Morgan fingerprint density at radius 3 is 2.47 bits per heavy atom. The Labute approximate surface area is 105 Å². The first kappa shape index (κ1) is 13.3. The van der Waals surface area contributed by atoms with E-state index in [4.69, 9.17) is 0 Å². The van der Waals surface area contributed by atoms with E-state index in [1.54, 1.807) is 0 Å². The summed E-state index contributed by atoms with van der Waals surface area (Å²) >= 11 is 0. The first-order valence-electron chi connectivity index (χ1n) is 6.84. The number of hydrogen-bond donors (Lipinski definition) is 2. The van der Waals surface area contributed by atoms with E-state index in [-0.39, 0.29) is 0 Å². The molecule has 0 aromatic heterocycles. The quantitative estimate of drug-likeness (QED) is 0.752. The molecule has 1 aliphatic heterocycles. The van der Waals surface area contributed by atoms with Crippen LogP contribution >= 0.6 is 0 Å². The predicted molar refractivity (Wildman–Crippen MR) is 69.3 cm³/mol. The van der Waals surface area contributed by atoms with Gasteiger partial charge in [0.2, 0.25) is 10.0 Å². The second-order valence-electron chi connectivity index (χ2n) is 5.47. The lowest BCUT2D eigenvalue weighted by molar-refractivity contribution is 0.297. The Bertz CT molecular complexity index is 319. The minimum atomic E-state index is -3.05. The fourth-order valence-corrected chi connectivity index (χ4v) is 4.09. The van der Waals surface area contributed by atoms with Gasteiger partial charge in [-0.2, -0.15) is 0 Å². The number of hydrogen-bond acceptors (Lipinski definition) is 3. The molecule has 17 heavy (non-hydrogen) atoms. The van der Waals surface area contributed by atoms with Crippen molar-refractivity contribution in [2.75, 3.05) is 25.4 Å². The maximum atomic E-state index is 11.8. The highest BCUT2D eigenvalue weighted by Gasteiger charge is 2.22.